The molecule has 3 unspecified atom stereocenters. The second-order valence-electron chi connectivity index (χ2n) is 11.2. The van der Waals surface area contributed by atoms with Crippen molar-refractivity contribution in [2.45, 2.75) is 37.4 Å². The molecule has 0 fully saturated rings. The molecule has 0 saturated carbocycles. The number of anilines is 1. The van der Waals surface area contributed by atoms with E-state index in [-0.39, 0.29) is 23.5 Å². The van der Waals surface area contributed by atoms with Gasteiger partial charge in [0.25, 0.3) is 0 Å². The van der Waals surface area contributed by atoms with Gasteiger partial charge in [0, 0.05) is 28.9 Å². The normalized spacial score (nSPS) is 23.6. The molecule has 0 spiro atoms. The number of fused-ring (bicyclic) bond motifs is 7. The Morgan fingerprint density at radius 2 is 1.50 bits per heavy atom. The van der Waals surface area contributed by atoms with Gasteiger partial charge in [-0.3, -0.25) is 4.99 Å². The highest BCUT2D eigenvalue weighted by atomic mass is 15.3. The second-order valence-corrected chi connectivity index (χ2v) is 11.2. The van der Waals surface area contributed by atoms with Crippen LogP contribution in [-0.4, -0.2) is 17.9 Å². The second kappa shape index (κ2) is 7.82. The lowest BCUT2D eigenvalue weighted by molar-refractivity contribution is 0.625. The van der Waals surface area contributed by atoms with Gasteiger partial charge in [-0.2, -0.15) is 0 Å². The summed E-state index contributed by atoms with van der Waals surface area (Å²) < 4.78 is 0. The van der Waals surface area contributed by atoms with E-state index in [4.69, 9.17) is 10.3 Å². The molecule has 3 nitrogen and oxygen atoms in total. The molecule has 0 aromatic heterocycles. The molecule has 4 aliphatic rings. The van der Waals surface area contributed by atoms with E-state index in [0.717, 1.165) is 22.6 Å². The molecule has 4 aromatic rings. The summed E-state index contributed by atoms with van der Waals surface area (Å²) in [5.41, 5.74) is 12.2. The molecule has 3 atom stereocenters. The fourth-order valence-electron chi connectivity index (χ4n) is 6.97. The van der Waals surface area contributed by atoms with Crippen LogP contribution in [0.1, 0.15) is 42.0 Å². The van der Waals surface area contributed by atoms with Crippen molar-refractivity contribution in [1.29, 1.82) is 0 Å². The molecule has 2 heterocycles. The highest BCUT2D eigenvalue weighted by Gasteiger charge is 2.46. The first-order valence-electron chi connectivity index (χ1n) is 13.5. The third-order valence-electron chi connectivity index (χ3n) is 8.76. The van der Waals surface area contributed by atoms with Gasteiger partial charge < -0.3 is 10.2 Å². The van der Waals surface area contributed by atoms with Gasteiger partial charge in [-0.15, -0.1) is 5.69 Å². The predicted molar refractivity (Wildman–Crippen MR) is 157 cm³/mol. The quantitative estimate of drug-likeness (QED) is 0.277. The van der Waals surface area contributed by atoms with Crippen molar-refractivity contribution in [2.75, 3.05) is 4.90 Å². The molecule has 184 valence electrons. The Morgan fingerprint density at radius 1 is 0.763 bits per heavy atom. The average Bonchev–Trinajstić information content (AvgIpc) is 3.40. The summed E-state index contributed by atoms with van der Waals surface area (Å²) in [7, 11) is 0. The Labute approximate surface area is 223 Å². The van der Waals surface area contributed by atoms with Gasteiger partial charge in [-0.1, -0.05) is 117 Å². The fraction of sp³-hybridized carbons (Fsp3) is 0.171. The van der Waals surface area contributed by atoms with E-state index >= 15 is 0 Å². The summed E-state index contributed by atoms with van der Waals surface area (Å²) in [6.45, 7) is 4.73. The van der Waals surface area contributed by atoms with Crippen LogP contribution in [0.3, 0.4) is 0 Å². The summed E-state index contributed by atoms with van der Waals surface area (Å²) in [6, 6.07) is 36.7. The number of hydrogen-bond acceptors (Lipinski definition) is 2. The van der Waals surface area contributed by atoms with Crippen LogP contribution in [0.4, 0.5) is 17.1 Å². The van der Waals surface area contributed by atoms with Gasteiger partial charge >= 0.3 is 0 Å². The van der Waals surface area contributed by atoms with Gasteiger partial charge in [-0.05, 0) is 45.5 Å². The van der Waals surface area contributed by atoms with Crippen molar-refractivity contribution < 1.29 is 0 Å². The minimum atomic E-state index is -0.222. The van der Waals surface area contributed by atoms with E-state index in [0.29, 0.717) is 0 Å². The maximum absolute atomic E-state index is 5.38. The van der Waals surface area contributed by atoms with Crippen molar-refractivity contribution in [1.82, 2.24) is 0 Å². The lowest BCUT2D eigenvalue weighted by atomic mass is 9.76. The van der Waals surface area contributed by atoms with Gasteiger partial charge in [0.15, 0.2) is 0 Å². The van der Waals surface area contributed by atoms with E-state index in [9.17, 15) is 0 Å². The molecule has 38 heavy (non-hydrogen) atoms. The first-order chi connectivity index (χ1) is 18.6. The molecule has 0 saturated heterocycles. The summed E-state index contributed by atoms with van der Waals surface area (Å²) in [5, 5.41) is 5.38. The van der Waals surface area contributed by atoms with E-state index in [1.54, 1.807) is 0 Å². The van der Waals surface area contributed by atoms with Crippen molar-refractivity contribution in [2.24, 2.45) is 4.99 Å². The van der Waals surface area contributed by atoms with Crippen LogP contribution in [0.15, 0.2) is 126 Å². The van der Waals surface area contributed by atoms with Crippen LogP contribution in [0, 0.1) is 0 Å². The zero-order chi connectivity index (χ0) is 25.4. The molecule has 0 radical (unpaired) electrons. The topological polar surface area (TPSA) is 29.7 Å². The Hall–Kier alpha value is -4.37. The van der Waals surface area contributed by atoms with Gasteiger partial charge in [0.2, 0.25) is 0 Å². The Bertz CT molecular complexity index is 1690. The SMILES string of the molecule is CC1(C)C2=CC3c4ccccc4N(C4[N-]c5ccccc5N=C4c4ccccc4)C3C=C2c2ccccc21. The van der Waals surface area contributed by atoms with E-state index in [1.165, 1.54) is 33.5 Å². The van der Waals surface area contributed by atoms with Crippen LogP contribution >= 0.6 is 0 Å². The predicted octanol–water partition coefficient (Wildman–Crippen LogP) is 8.44. The van der Waals surface area contributed by atoms with Crippen LogP contribution in [0.2, 0.25) is 0 Å². The zero-order valence-electron chi connectivity index (χ0n) is 21.5. The van der Waals surface area contributed by atoms with Gasteiger partial charge in [0.05, 0.1) is 11.8 Å². The summed E-state index contributed by atoms with van der Waals surface area (Å²) >= 11 is 0. The van der Waals surface area contributed by atoms with E-state index in [1.807, 2.05) is 6.07 Å². The lowest BCUT2D eigenvalue weighted by Gasteiger charge is -2.48. The summed E-state index contributed by atoms with van der Waals surface area (Å²) in [5.74, 6) is 0.267. The molecule has 4 aromatic carbocycles. The van der Waals surface area contributed by atoms with Crippen molar-refractivity contribution in [3.05, 3.63) is 148 Å². The largest absolute Gasteiger partial charge is 0.658 e. The molecule has 3 heteroatoms. The summed E-state index contributed by atoms with van der Waals surface area (Å²) in [4.78, 5) is 7.75. The lowest BCUT2D eigenvalue weighted by Crippen LogP contribution is -2.46. The monoisotopic (exact) mass is 490 g/mol. The van der Waals surface area contributed by atoms with Crippen molar-refractivity contribution in [3.8, 4) is 0 Å². The standard InChI is InChI=1S/C35H28N3/c1-35(2)27-16-8-6-14-23(27)25-21-32-26(20-28(25)35)24-15-7-11-19-31(24)38(32)34-33(22-12-4-3-5-13-22)36-29-17-9-10-18-30(29)37-34/h3-21,26,32,34H,1-2H3/q-1. The minimum absolute atomic E-state index is 0.0133. The van der Waals surface area contributed by atoms with Crippen LogP contribution in [0.25, 0.3) is 10.9 Å². The summed E-state index contributed by atoms with van der Waals surface area (Å²) in [6.07, 6.45) is 4.85. The number of hydrogen-bond donors (Lipinski definition) is 0. The van der Waals surface area contributed by atoms with Gasteiger partial charge in [0.1, 0.15) is 0 Å². The van der Waals surface area contributed by atoms with Crippen molar-refractivity contribution in [3.63, 3.8) is 0 Å². The molecular weight excluding hydrogens is 462 g/mol. The third kappa shape index (κ3) is 2.93. The Balaban J connectivity index is 1.33. The number of benzene rings is 4. The molecule has 0 N–H and O–H groups in total. The average molecular weight is 491 g/mol. The maximum atomic E-state index is 5.38. The Kier molecular flexibility index (Phi) is 4.46. The van der Waals surface area contributed by atoms with Gasteiger partial charge in [-0.25, -0.2) is 0 Å². The number of nitrogens with zero attached hydrogens (tertiary/aromatic N) is 3. The maximum Gasteiger partial charge on any atom is 0.0576 e. The molecule has 8 rings (SSSR count). The van der Waals surface area contributed by atoms with Crippen LogP contribution < -0.4 is 4.90 Å². The molecule has 2 aliphatic carbocycles. The van der Waals surface area contributed by atoms with E-state index in [2.05, 4.69) is 128 Å². The molecule has 0 bridgehead atoms. The zero-order valence-corrected chi connectivity index (χ0v) is 21.5. The molecule has 2 aliphatic heterocycles. The first-order valence-corrected chi connectivity index (χ1v) is 13.5. The number of para-hydroxylation sites is 3. The van der Waals surface area contributed by atoms with Crippen LogP contribution in [0.5, 0.6) is 0 Å². The molecular formula is C35H28N3-. The Morgan fingerprint density at radius 3 is 2.39 bits per heavy atom. The number of aliphatic imine (C=N–C) groups is 1. The third-order valence-corrected chi connectivity index (χ3v) is 8.76. The number of rotatable bonds is 2. The molecule has 0 amide bonds. The first kappa shape index (κ1) is 21.7. The minimum Gasteiger partial charge on any atom is -0.658 e. The van der Waals surface area contributed by atoms with Crippen molar-refractivity contribution >= 4 is 28.3 Å². The fourth-order valence-corrected chi connectivity index (χ4v) is 6.97. The highest BCUT2D eigenvalue weighted by molar-refractivity contribution is 6.12. The van der Waals surface area contributed by atoms with E-state index < -0.39 is 0 Å². The number of allylic oxidation sites excluding steroid dienone is 2. The highest BCUT2D eigenvalue weighted by Crippen LogP contribution is 2.57. The smallest absolute Gasteiger partial charge is 0.0576 e. The van der Waals surface area contributed by atoms with Crippen LogP contribution in [-0.2, 0) is 5.41 Å².